The van der Waals surface area contributed by atoms with Crippen LogP contribution in [0.1, 0.15) is 26.2 Å². The van der Waals surface area contributed by atoms with E-state index in [0.29, 0.717) is 25.1 Å². The van der Waals surface area contributed by atoms with Gasteiger partial charge >= 0.3 is 0 Å². The summed E-state index contributed by atoms with van der Waals surface area (Å²) in [6.45, 7) is 2.12. The van der Waals surface area contributed by atoms with Crippen LogP contribution in [0, 0.1) is 23.7 Å². The zero-order chi connectivity index (χ0) is 16.0. The van der Waals surface area contributed by atoms with Gasteiger partial charge in [-0.2, -0.15) is 0 Å². The van der Waals surface area contributed by atoms with Crippen molar-refractivity contribution >= 4 is 17.5 Å². The van der Waals surface area contributed by atoms with Crippen molar-refractivity contribution in [2.45, 2.75) is 38.4 Å². The van der Waals surface area contributed by atoms with Crippen LogP contribution in [0.25, 0.3) is 0 Å². The Hall–Kier alpha value is -1.47. The maximum atomic E-state index is 12.6. The zero-order valence-corrected chi connectivity index (χ0v) is 12.8. The van der Waals surface area contributed by atoms with Gasteiger partial charge in [-0.15, -0.1) is 0 Å². The first-order valence-electron chi connectivity index (χ1n) is 7.82. The van der Waals surface area contributed by atoms with Gasteiger partial charge in [-0.1, -0.05) is 5.16 Å². The van der Waals surface area contributed by atoms with Crippen molar-refractivity contribution < 1.29 is 24.6 Å². The van der Waals surface area contributed by atoms with Gasteiger partial charge in [0.2, 0.25) is 11.8 Å². The summed E-state index contributed by atoms with van der Waals surface area (Å²) in [4.78, 5) is 31.1. The van der Waals surface area contributed by atoms with E-state index in [4.69, 9.17) is 4.84 Å². The molecular formula is C15H22N2O5. The highest BCUT2D eigenvalue weighted by Gasteiger charge is 2.59. The summed E-state index contributed by atoms with van der Waals surface area (Å²) in [7, 11) is 1.44. The predicted octanol–water partition coefficient (Wildman–Crippen LogP) is -0.238. The Morgan fingerprint density at radius 3 is 2.55 bits per heavy atom. The first kappa shape index (κ1) is 15.4. The number of oxime groups is 1. The van der Waals surface area contributed by atoms with Crippen molar-refractivity contribution in [1.82, 2.24) is 4.90 Å². The minimum atomic E-state index is -1.01. The van der Waals surface area contributed by atoms with Gasteiger partial charge < -0.3 is 15.1 Å². The molecule has 3 aliphatic rings. The Bertz CT molecular complexity index is 520. The van der Waals surface area contributed by atoms with Crippen LogP contribution in [-0.2, 0) is 14.4 Å². The van der Waals surface area contributed by atoms with E-state index in [-0.39, 0.29) is 30.1 Å². The van der Waals surface area contributed by atoms with Crippen molar-refractivity contribution in [2.75, 3.05) is 13.7 Å². The summed E-state index contributed by atoms with van der Waals surface area (Å²) in [5.41, 5.74) is 0.680. The van der Waals surface area contributed by atoms with Crippen LogP contribution in [0.2, 0.25) is 0 Å². The summed E-state index contributed by atoms with van der Waals surface area (Å²) in [5.74, 6) is -1.89. The first-order valence-corrected chi connectivity index (χ1v) is 7.82. The number of aliphatic hydroxyl groups excluding tert-OH is 2. The largest absolute Gasteiger partial charge is 0.399 e. The second-order valence-corrected chi connectivity index (χ2v) is 6.34. The number of aliphatic hydroxyl groups is 2. The van der Waals surface area contributed by atoms with Crippen LogP contribution in [0.4, 0.5) is 0 Å². The van der Waals surface area contributed by atoms with E-state index in [9.17, 15) is 19.8 Å². The lowest BCUT2D eigenvalue weighted by Gasteiger charge is -2.45. The lowest BCUT2D eigenvalue weighted by molar-refractivity contribution is -0.141. The van der Waals surface area contributed by atoms with E-state index < -0.39 is 24.0 Å². The van der Waals surface area contributed by atoms with Crippen LogP contribution in [0.15, 0.2) is 5.16 Å². The fourth-order valence-electron chi connectivity index (χ4n) is 4.47. The quantitative estimate of drug-likeness (QED) is 0.542. The molecule has 0 radical (unpaired) electrons. The molecule has 22 heavy (non-hydrogen) atoms. The molecule has 3 rings (SSSR count). The molecular weight excluding hydrogens is 288 g/mol. The van der Waals surface area contributed by atoms with Crippen LogP contribution < -0.4 is 0 Å². The van der Waals surface area contributed by atoms with E-state index in [1.54, 1.807) is 6.92 Å². The third-order valence-electron chi connectivity index (χ3n) is 5.40. The minimum absolute atomic E-state index is 0.117. The van der Waals surface area contributed by atoms with E-state index in [1.165, 1.54) is 12.0 Å². The molecule has 2 aliphatic carbocycles. The molecule has 0 unspecified atom stereocenters. The molecule has 0 aromatic heterocycles. The van der Waals surface area contributed by atoms with Crippen molar-refractivity contribution in [3.05, 3.63) is 0 Å². The second kappa shape index (κ2) is 5.62. The normalized spacial score (nSPS) is 43.3. The number of fused-ring (bicyclic) bond motifs is 3. The Balaban J connectivity index is 1.98. The smallest absolute Gasteiger partial charge is 0.233 e. The molecule has 2 N–H and O–H groups in total. The molecule has 0 aromatic carbocycles. The molecule has 0 bridgehead atoms. The molecule has 0 aromatic rings. The van der Waals surface area contributed by atoms with Crippen molar-refractivity contribution in [1.29, 1.82) is 0 Å². The molecule has 7 nitrogen and oxygen atoms in total. The number of nitrogens with zero attached hydrogens (tertiary/aromatic N) is 2. The van der Waals surface area contributed by atoms with Crippen molar-refractivity contribution in [2.24, 2.45) is 28.8 Å². The van der Waals surface area contributed by atoms with Gasteiger partial charge in [-0.3, -0.25) is 14.5 Å². The highest BCUT2D eigenvalue weighted by Crippen LogP contribution is 2.49. The number of amides is 2. The first-order chi connectivity index (χ1) is 10.5. The second-order valence-electron chi connectivity index (χ2n) is 6.34. The summed E-state index contributed by atoms with van der Waals surface area (Å²) >= 11 is 0. The van der Waals surface area contributed by atoms with E-state index in [0.717, 1.165) is 0 Å². The van der Waals surface area contributed by atoms with Gasteiger partial charge in [0.25, 0.3) is 0 Å². The number of rotatable bonds is 2. The summed E-state index contributed by atoms with van der Waals surface area (Å²) < 4.78 is 0. The lowest BCUT2D eigenvalue weighted by atomic mass is 9.60. The maximum absolute atomic E-state index is 12.6. The molecule has 2 amide bonds. The van der Waals surface area contributed by atoms with Gasteiger partial charge in [0, 0.05) is 24.8 Å². The Kier molecular flexibility index (Phi) is 3.94. The zero-order valence-electron chi connectivity index (χ0n) is 12.8. The van der Waals surface area contributed by atoms with E-state index in [1.807, 2.05) is 0 Å². The van der Waals surface area contributed by atoms with Crippen LogP contribution in [0.3, 0.4) is 0 Å². The highest BCUT2D eigenvalue weighted by molar-refractivity contribution is 6.06. The number of likely N-dealkylation sites (tertiary alicyclic amines) is 1. The maximum Gasteiger partial charge on any atom is 0.233 e. The van der Waals surface area contributed by atoms with E-state index >= 15 is 0 Å². The average Bonchev–Trinajstić information content (AvgIpc) is 2.75. The molecule has 3 fully saturated rings. The van der Waals surface area contributed by atoms with Crippen molar-refractivity contribution in [3.63, 3.8) is 0 Å². The molecule has 6 atom stereocenters. The standard InChI is InChI=1S/C15H22N2O5/c1-3-17-14(20)8-5-4-7-9(16-22-2)6-10(18)13(19)11(7)12(8)15(17)21/h7-8,10-13,18-19H,3-6H2,1-2H3/t7-,8+,10+,11-,12+,13+/m0/s1. The molecule has 122 valence electrons. The fraction of sp³-hybridized carbons (Fsp3) is 0.800. The third-order valence-corrected chi connectivity index (χ3v) is 5.40. The van der Waals surface area contributed by atoms with Crippen molar-refractivity contribution in [3.8, 4) is 0 Å². The summed E-state index contributed by atoms with van der Waals surface area (Å²) in [6, 6.07) is 0. The predicted molar refractivity (Wildman–Crippen MR) is 76.7 cm³/mol. The van der Waals surface area contributed by atoms with Gasteiger partial charge in [0.05, 0.1) is 29.8 Å². The summed E-state index contributed by atoms with van der Waals surface area (Å²) in [6.07, 6.45) is -0.463. The molecule has 1 aliphatic heterocycles. The SMILES string of the molecule is CCN1C(=O)[C@H]2[C@H]3[C@H](O)[C@H](O)CC(=NOC)[C@@H]3CC[C@H]2C1=O. The fourth-order valence-corrected chi connectivity index (χ4v) is 4.47. The number of carbonyl (C=O) groups is 2. The highest BCUT2D eigenvalue weighted by atomic mass is 16.6. The van der Waals surface area contributed by atoms with E-state index in [2.05, 4.69) is 5.16 Å². The average molecular weight is 310 g/mol. The van der Waals surface area contributed by atoms with Gasteiger partial charge in [-0.05, 0) is 19.8 Å². The number of hydrogen-bond acceptors (Lipinski definition) is 6. The Labute approximate surface area is 128 Å². The van der Waals surface area contributed by atoms with Gasteiger partial charge in [0.1, 0.15) is 7.11 Å². The summed E-state index contributed by atoms with van der Waals surface area (Å²) in [5, 5.41) is 24.5. The van der Waals surface area contributed by atoms with Gasteiger partial charge in [0.15, 0.2) is 0 Å². The lowest BCUT2D eigenvalue weighted by Crippen LogP contribution is -2.54. The topological polar surface area (TPSA) is 99.4 Å². The molecule has 7 heteroatoms. The molecule has 0 spiro atoms. The number of imide groups is 1. The van der Waals surface area contributed by atoms with Crippen LogP contribution in [0.5, 0.6) is 0 Å². The Morgan fingerprint density at radius 1 is 1.23 bits per heavy atom. The Morgan fingerprint density at radius 2 is 1.91 bits per heavy atom. The van der Waals surface area contributed by atoms with Crippen LogP contribution in [-0.4, -0.2) is 58.5 Å². The monoisotopic (exact) mass is 310 g/mol. The van der Waals surface area contributed by atoms with Crippen LogP contribution >= 0.6 is 0 Å². The molecule has 1 heterocycles. The minimum Gasteiger partial charge on any atom is -0.399 e. The molecule has 2 saturated carbocycles. The van der Waals surface area contributed by atoms with Gasteiger partial charge in [-0.25, -0.2) is 0 Å². The third kappa shape index (κ3) is 2.06. The number of hydrogen-bond donors (Lipinski definition) is 2. The number of carbonyl (C=O) groups excluding carboxylic acids is 2. The molecule has 1 saturated heterocycles.